The summed E-state index contributed by atoms with van der Waals surface area (Å²) in [5.74, 6) is 0.0101. The first-order valence-corrected chi connectivity index (χ1v) is 6.60. The van der Waals surface area contributed by atoms with Gasteiger partial charge in [0.25, 0.3) is 0 Å². The van der Waals surface area contributed by atoms with Gasteiger partial charge in [0.05, 0.1) is 12.0 Å². The van der Waals surface area contributed by atoms with Crippen LogP contribution in [-0.2, 0) is 9.53 Å². The molecule has 1 aliphatic rings. The Kier molecular flexibility index (Phi) is 4.31. The van der Waals surface area contributed by atoms with Crippen LogP contribution in [0.25, 0.3) is 0 Å². The molecule has 1 fully saturated rings. The molecule has 6 heteroatoms. The van der Waals surface area contributed by atoms with E-state index >= 15 is 0 Å². The molecule has 1 amide bonds. The first kappa shape index (κ1) is 13.7. The summed E-state index contributed by atoms with van der Waals surface area (Å²) in [4.78, 5) is 29.7. The summed E-state index contributed by atoms with van der Waals surface area (Å²) in [6.45, 7) is 4.47. The van der Waals surface area contributed by atoms with Gasteiger partial charge in [-0.3, -0.25) is 4.79 Å². The number of amides is 1. The number of aromatic nitrogens is 2. The van der Waals surface area contributed by atoms with Gasteiger partial charge in [-0.15, -0.1) is 0 Å². The minimum absolute atomic E-state index is 0.0446. The Morgan fingerprint density at radius 1 is 1.63 bits per heavy atom. The zero-order valence-corrected chi connectivity index (χ0v) is 11.2. The van der Waals surface area contributed by atoms with Crippen molar-refractivity contribution in [3.8, 4) is 0 Å². The number of nitrogens with zero attached hydrogens (tertiary/aromatic N) is 1. The molecular weight excluding hydrogens is 246 g/mol. The molecule has 0 aliphatic carbocycles. The Hall–Kier alpha value is -1.69. The topological polar surface area (TPSA) is 84.1 Å². The summed E-state index contributed by atoms with van der Waals surface area (Å²) >= 11 is 0. The summed E-state index contributed by atoms with van der Waals surface area (Å²) in [5.41, 5.74) is 0.212. The largest absolute Gasteiger partial charge is 0.377 e. The van der Waals surface area contributed by atoms with Crippen molar-refractivity contribution in [2.45, 2.75) is 39.2 Å². The van der Waals surface area contributed by atoms with Crippen LogP contribution < -0.4 is 11.0 Å². The summed E-state index contributed by atoms with van der Waals surface area (Å²) < 4.78 is 5.60. The molecule has 0 radical (unpaired) electrons. The van der Waals surface area contributed by atoms with Gasteiger partial charge in [-0.05, 0) is 26.2 Å². The van der Waals surface area contributed by atoms with E-state index in [1.165, 1.54) is 0 Å². The number of rotatable bonds is 3. The van der Waals surface area contributed by atoms with E-state index < -0.39 is 5.69 Å². The van der Waals surface area contributed by atoms with E-state index in [1.54, 1.807) is 13.0 Å². The highest BCUT2D eigenvalue weighted by Crippen LogP contribution is 2.24. The first-order chi connectivity index (χ1) is 9.10. The first-order valence-electron chi connectivity index (χ1n) is 6.60. The fraction of sp³-hybridized carbons (Fsp3) is 0.615. The summed E-state index contributed by atoms with van der Waals surface area (Å²) in [6, 6.07) is 1.64. The van der Waals surface area contributed by atoms with Crippen molar-refractivity contribution in [2.24, 2.45) is 5.92 Å². The van der Waals surface area contributed by atoms with Gasteiger partial charge in [0.2, 0.25) is 5.91 Å². The van der Waals surface area contributed by atoms with Gasteiger partial charge in [0.15, 0.2) is 0 Å². The molecule has 104 valence electrons. The Bertz CT molecular complexity index is 512. The van der Waals surface area contributed by atoms with E-state index in [0.29, 0.717) is 18.1 Å². The molecule has 1 aromatic rings. The third kappa shape index (κ3) is 3.41. The number of carbonyl (C=O) groups is 1. The summed E-state index contributed by atoms with van der Waals surface area (Å²) in [6.07, 6.45) is 2.46. The van der Waals surface area contributed by atoms with Gasteiger partial charge < -0.3 is 15.0 Å². The lowest BCUT2D eigenvalue weighted by atomic mass is 9.92. The second-order valence-electron chi connectivity index (χ2n) is 4.81. The molecule has 1 aromatic heterocycles. The second-order valence-corrected chi connectivity index (χ2v) is 4.81. The number of ether oxygens (including phenoxy) is 1. The smallest absolute Gasteiger partial charge is 0.347 e. The van der Waals surface area contributed by atoms with Gasteiger partial charge in [0, 0.05) is 18.4 Å². The van der Waals surface area contributed by atoms with Crippen LogP contribution in [0.3, 0.4) is 0 Å². The molecule has 1 saturated heterocycles. The van der Waals surface area contributed by atoms with E-state index in [1.807, 2.05) is 6.92 Å². The molecule has 6 nitrogen and oxygen atoms in total. The van der Waals surface area contributed by atoms with Gasteiger partial charge in [-0.1, -0.05) is 6.92 Å². The molecule has 19 heavy (non-hydrogen) atoms. The van der Waals surface area contributed by atoms with Gasteiger partial charge in [-0.2, -0.15) is 4.98 Å². The number of hydrogen-bond donors (Lipinski definition) is 2. The maximum absolute atomic E-state index is 12.2. The van der Waals surface area contributed by atoms with Crippen molar-refractivity contribution < 1.29 is 9.53 Å². The molecule has 2 unspecified atom stereocenters. The molecule has 0 bridgehead atoms. The normalized spacial score (nSPS) is 23.1. The predicted molar refractivity (Wildman–Crippen MR) is 71.0 cm³/mol. The van der Waals surface area contributed by atoms with Crippen LogP contribution in [-0.4, -0.2) is 28.6 Å². The van der Waals surface area contributed by atoms with Crippen LogP contribution >= 0.6 is 0 Å². The highest BCUT2D eigenvalue weighted by Gasteiger charge is 2.30. The minimum atomic E-state index is -0.456. The predicted octanol–water partition coefficient (Wildman–Crippen LogP) is 1.22. The van der Waals surface area contributed by atoms with E-state index in [9.17, 15) is 9.59 Å². The van der Waals surface area contributed by atoms with Crippen LogP contribution in [0, 0.1) is 12.8 Å². The van der Waals surface area contributed by atoms with Gasteiger partial charge >= 0.3 is 5.69 Å². The minimum Gasteiger partial charge on any atom is -0.377 e. The fourth-order valence-electron chi connectivity index (χ4n) is 2.40. The van der Waals surface area contributed by atoms with Crippen LogP contribution in [0.2, 0.25) is 0 Å². The number of aryl methyl sites for hydroxylation is 1. The molecule has 1 aliphatic heterocycles. The Labute approximate surface area is 111 Å². The standard InChI is InChI=1S/C13H19N3O3/c1-3-10-9(5-4-6-19-10)12(17)15-11-7-8(2)14-13(18)16-11/h7,9-10H,3-6H2,1-2H3,(H2,14,15,16,17,18). The molecule has 0 aromatic carbocycles. The van der Waals surface area contributed by atoms with Crippen LogP contribution in [0.5, 0.6) is 0 Å². The van der Waals surface area contributed by atoms with E-state index in [0.717, 1.165) is 19.3 Å². The maximum Gasteiger partial charge on any atom is 0.347 e. The lowest BCUT2D eigenvalue weighted by molar-refractivity contribution is -0.129. The second kappa shape index (κ2) is 5.97. The Morgan fingerprint density at radius 3 is 3.11 bits per heavy atom. The lowest BCUT2D eigenvalue weighted by Crippen LogP contribution is -2.38. The zero-order chi connectivity index (χ0) is 13.8. The number of anilines is 1. The molecule has 2 atom stereocenters. The number of carbonyl (C=O) groups excluding carboxylic acids is 1. The lowest BCUT2D eigenvalue weighted by Gasteiger charge is -2.29. The number of hydrogen-bond acceptors (Lipinski definition) is 4. The van der Waals surface area contributed by atoms with Crippen molar-refractivity contribution in [1.82, 2.24) is 9.97 Å². The number of aromatic amines is 1. The zero-order valence-electron chi connectivity index (χ0n) is 11.2. The van der Waals surface area contributed by atoms with Crippen molar-refractivity contribution >= 4 is 11.7 Å². The van der Waals surface area contributed by atoms with E-state index in [2.05, 4.69) is 15.3 Å². The number of H-pyrrole nitrogens is 1. The van der Waals surface area contributed by atoms with Crippen LogP contribution in [0.1, 0.15) is 31.9 Å². The average Bonchev–Trinajstić information content (AvgIpc) is 2.37. The molecule has 2 heterocycles. The molecule has 0 saturated carbocycles. The Balaban J connectivity index is 2.09. The third-order valence-corrected chi connectivity index (χ3v) is 3.31. The maximum atomic E-state index is 12.2. The average molecular weight is 265 g/mol. The molecule has 0 spiro atoms. The van der Waals surface area contributed by atoms with Crippen molar-refractivity contribution in [3.63, 3.8) is 0 Å². The highest BCUT2D eigenvalue weighted by molar-refractivity contribution is 5.92. The molecule has 2 N–H and O–H groups in total. The van der Waals surface area contributed by atoms with Crippen LogP contribution in [0.4, 0.5) is 5.82 Å². The van der Waals surface area contributed by atoms with E-state index in [4.69, 9.17) is 4.74 Å². The van der Waals surface area contributed by atoms with Gasteiger partial charge in [-0.25, -0.2) is 4.79 Å². The summed E-state index contributed by atoms with van der Waals surface area (Å²) in [5, 5.41) is 2.71. The Morgan fingerprint density at radius 2 is 2.42 bits per heavy atom. The summed E-state index contributed by atoms with van der Waals surface area (Å²) in [7, 11) is 0. The van der Waals surface area contributed by atoms with Crippen molar-refractivity contribution in [1.29, 1.82) is 0 Å². The molecule has 2 rings (SSSR count). The monoisotopic (exact) mass is 265 g/mol. The van der Waals surface area contributed by atoms with E-state index in [-0.39, 0.29) is 17.9 Å². The highest BCUT2D eigenvalue weighted by atomic mass is 16.5. The quantitative estimate of drug-likeness (QED) is 0.860. The SMILES string of the molecule is CCC1OCCCC1C(=O)Nc1cc(C)[nH]c(=O)n1. The molecular formula is C13H19N3O3. The number of nitrogens with one attached hydrogen (secondary N) is 2. The fourth-order valence-corrected chi connectivity index (χ4v) is 2.40. The van der Waals surface area contributed by atoms with Crippen LogP contribution in [0.15, 0.2) is 10.9 Å². The van der Waals surface area contributed by atoms with Gasteiger partial charge in [0.1, 0.15) is 5.82 Å². The van der Waals surface area contributed by atoms with Crippen molar-refractivity contribution in [3.05, 3.63) is 22.2 Å². The third-order valence-electron chi connectivity index (χ3n) is 3.31. The van der Waals surface area contributed by atoms with Crippen molar-refractivity contribution in [2.75, 3.05) is 11.9 Å².